The third-order valence-electron chi connectivity index (χ3n) is 3.42. The summed E-state index contributed by atoms with van der Waals surface area (Å²) in [5.41, 5.74) is -0.880. The molecule has 0 amide bonds. The van der Waals surface area contributed by atoms with Gasteiger partial charge in [-0.3, -0.25) is 0 Å². The minimum atomic E-state index is -4.43. The molecule has 27 heavy (non-hydrogen) atoms. The first-order valence-corrected chi connectivity index (χ1v) is 9.51. The van der Waals surface area contributed by atoms with Gasteiger partial charge >= 0.3 is 6.18 Å². The zero-order chi connectivity index (χ0) is 19.5. The van der Waals surface area contributed by atoms with Crippen LogP contribution in [0.1, 0.15) is 29.8 Å². The lowest BCUT2D eigenvalue weighted by atomic mass is 10.3. The number of nitrogens with zero attached hydrogens (tertiary/aromatic N) is 2. The van der Waals surface area contributed by atoms with Crippen LogP contribution in [0.25, 0.3) is 0 Å². The number of hydrogen-bond donors (Lipinski definition) is 2. The molecule has 2 rings (SSSR count). The van der Waals surface area contributed by atoms with Gasteiger partial charge in [0.05, 0.1) is 12.8 Å². The molecule has 0 saturated carbocycles. The van der Waals surface area contributed by atoms with Crippen LogP contribution in [-0.4, -0.2) is 37.2 Å². The van der Waals surface area contributed by atoms with Crippen molar-refractivity contribution in [1.82, 2.24) is 15.6 Å². The number of aromatic nitrogens is 1. The number of alkyl halides is 3. The minimum Gasteiger partial charge on any atom is -0.469 e. The molecule has 0 aliphatic rings. The van der Waals surface area contributed by atoms with Crippen LogP contribution in [-0.2, 0) is 23.9 Å². The van der Waals surface area contributed by atoms with E-state index in [1.165, 1.54) is 0 Å². The predicted octanol–water partition coefficient (Wildman–Crippen LogP) is 3.46. The van der Waals surface area contributed by atoms with Gasteiger partial charge in [-0.2, -0.15) is 13.2 Å². The second-order valence-electron chi connectivity index (χ2n) is 5.52. The Morgan fingerprint density at radius 1 is 1.33 bits per heavy atom. The first kappa shape index (κ1) is 21.2. The fraction of sp³-hybridized carbons (Fsp3) is 0.529. The maximum atomic E-state index is 12.6. The Morgan fingerprint density at radius 3 is 2.81 bits per heavy atom. The third-order valence-corrected chi connectivity index (χ3v) is 4.25. The van der Waals surface area contributed by atoms with Crippen molar-refractivity contribution in [2.75, 3.05) is 26.3 Å². The molecule has 150 valence electrons. The standard InChI is InChI=1S/C17H23F3N4O2S/c1-2-25-9-4-7-21-16(22-8-6-13-5-3-10-26-13)23-11-15-24-14(12-27-15)17(18,19)20/h3,5,10,12H,2,4,6-9,11H2,1H3,(H2,21,22,23). The van der Waals surface area contributed by atoms with E-state index in [1.54, 1.807) is 6.26 Å². The Kier molecular flexibility index (Phi) is 8.59. The van der Waals surface area contributed by atoms with Crippen LogP contribution in [0, 0.1) is 0 Å². The molecule has 0 fully saturated rings. The van der Waals surface area contributed by atoms with Gasteiger partial charge in [0.25, 0.3) is 0 Å². The normalized spacial score (nSPS) is 12.4. The summed E-state index contributed by atoms with van der Waals surface area (Å²) in [5, 5.41) is 7.61. The highest BCUT2D eigenvalue weighted by atomic mass is 32.1. The molecule has 2 N–H and O–H groups in total. The van der Waals surface area contributed by atoms with Crippen molar-refractivity contribution in [3.05, 3.63) is 40.2 Å². The number of ether oxygens (including phenoxy) is 1. The van der Waals surface area contributed by atoms with E-state index in [1.807, 2.05) is 19.1 Å². The van der Waals surface area contributed by atoms with Crippen molar-refractivity contribution in [3.63, 3.8) is 0 Å². The Labute approximate surface area is 159 Å². The largest absolute Gasteiger partial charge is 0.469 e. The SMILES string of the molecule is CCOCCCNC(=NCc1nc(C(F)(F)F)cs1)NCCc1ccco1. The molecule has 0 bridgehead atoms. The van der Waals surface area contributed by atoms with E-state index in [0.717, 1.165) is 28.9 Å². The highest BCUT2D eigenvalue weighted by Gasteiger charge is 2.33. The first-order chi connectivity index (χ1) is 13.0. The Hall–Kier alpha value is -2.07. The van der Waals surface area contributed by atoms with E-state index in [-0.39, 0.29) is 6.54 Å². The van der Waals surface area contributed by atoms with Crippen molar-refractivity contribution >= 4 is 17.3 Å². The fourth-order valence-electron chi connectivity index (χ4n) is 2.12. The molecule has 0 spiro atoms. The molecule has 0 atom stereocenters. The van der Waals surface area contributed by atoms with Crippen molar-refractivity contribution < 1.29 is 22.3 Å². The van der Waals surface area contributed by atoms with Gasteiger partial charge in [-0.25, -0.2) is 9.98 Å². The van der Waals surface area contributed by atoms with Crippen LogP contribution in [0.3, 0.4) is 0 Å². The molecular formula is C17H23F3N4O2S. The van der Waals surface area contributed by atoms with Crippen LogP contribution in [0.4, 0.5) is 13.2 Å². The molecule has 10 heteroatoms. The summed E-state index contributed by atoms with van der Waals surface area (Å²) in [5.74, 6) is 1.36. The van der Waals surface area contributed by atoms with Crippen molar-refractivity contribution in [1.29, 1.82) is 0 Å². The lowest BCUT2D eigenvalue weighted by Gasteiger charge is -2.12. The summed E-state index contributed by atoms with van der Waals surface area (Å²) in [4.78, 5) is 7.92. The summed E-state index contributed by atoms with van der Waals surface area (Å²) < 4.78 is 48.5. The van der Waals surface area contributed by atoms with Gasteiger partial charge in [0.2, 0.25) is 0 Å². The molecule has 0 saturated heterocycles. The Morgan fingerprint density at radius 2 is 2.15 bits per heavy atom. The molecule has 6 nitrogen and oxygen atoms in total. The quantitative estimate of drug-likeness (QED) is 0.361. The van der Waals surface area contributed by atoms with Crippen LogP contribution in [0.2, 0.25) is 0 Å². The minimum absolute atomic E-state index is 0.0717. The van der Waals surface area contributed by atoms with E-state index in [4.69, 9.17) is 9.15 Å². The van der Waals surface area contributed by atoms with E-state index < -0.39 is 11.9 Å². The van der Waals surface area contributed by atoms with Crippen LogP contribution in [0.15, 0.2) is 33.2 Å². The molecule has 0 aliphatic carbocycles. The monoisotopic (exact) mass is 404 g/mol. The zero-order valence-electron chi connectivity index (χ0n) is 15.0. The van der Waals surface area contributed by atoms with Crippen molar-refractivity contribution in [2.45, 2.75) is 32.5 Å². The lowest BCUT2D eigenvalue weighted by molar-refractivity contribution is -0.140. The van der Waals surface area contributed by atoms with Gasteiger partial charge in [-0.1, -0.05) is 0 Å². The van der Waals surface area contributed by atoms with Gasteiger partial charge < -0.3 is 19.8 Å². The van der Waals surface area contributed by atoms with Gasteiger partial charge in [-0.15, -0.1) is 11.3 Å². The Balaban J connectivity index is 1.88. The second kappa shape index (κ2) is 10.9. The number of aliphatic imine (C=N–C) groups is 1. The molecule has 0 aromatic carbocycles. The molecule has 0 unspecified atom stereocenters. The maximum Gasteiger partial charge on any atom is 0.434 e. The highest BCUT2D eigenvalue weighted by Crippen LogP contribution is 2.30. The summed E-state index contributed by atoms with van der Waals surface area (Å²) in [6.07, 6.45) is -1.36. The molecule has 2 aromatic heterocycles. The average Bonchev–Trinajstić information content (AvgIpc) is 3.30. The van der Waals surface area contributed by atoms with E-state index >= 15 is 0 Å². The van der Waals surface area contributed by atoms with Crippen molar-refractivity contribution in [2.24, 2.45) is 4.99 Å². The molecule has 0 aliphatic heterocycles. The van der Waals surface area contributed by atoms with Gasteiger partial charge in [0.15, 0.2) is 11.7 Å². The predicted molar refractivity (Wildman–Crippen MR) is 97.8 cm³/mol. The van der Waals surface area contributed by atoms with Gasteiger partial charge in [0.1, 0.15) is 10.8 Å². The summed E-state index contributed by atoms with van der Waals surface area (Å²) in [7, 11) is 0. The summed E-state index contributed by atoms with van der Waals surface area (Å²) in [6, 6.07) is 3.69. The average molecular weight is 404 g/mol. The van der Waals surface area contributed by atoms with Crippen LogP contribution >= 0.6 is 11.3 Å². The number of furan rings is 1. The number of guanidine groups is 1. The molecular weight excluding hydrogens is 381 g/mol. The van der Waals surface area contributed by atoms with Gasteiger partial charge in [0, 0.05) is 38.1 Å². The maximum absolute atomic E-state index is 12.6. The number of thiazole rings is 1. The van der Waals surface area contributed by atoms with Crippen LogP contribution in [0.5, 0.6) is 0 Å². The molecule has 0 radical (unpaired) electrons. The second-order valence-corrected chi connectivity index (χ2v) is 6.47. The van der Waals surface area contributed by atoms with Crippen molar-refractivity contribution in [3.8, 4) is 0 Å². The van der Waals surface area contributed by atoms with Gasteiger partial charge in [-0.05, 0) is 25.5 Å². The number of rotatable bonds is 10. The highest BCUT2D eigenvalue weighted by molar-refractivity contribution is 7.09. The molecule has 2 heterocycles. The lowest BCUT2D eigenvalue weighted by Crippen LogP contribution is -2.39. The number of halogens is 3. The zero-order valence-corrected chi connectivity index (χ0v) is 15.8. The summed E-state index contributed by atoms with van der Waals surface area (Å²) >= 11 is 0.946. The van der Waals surface area contributed by atoms with E-state index in [2.05, 4.69) is 20.6 Å². The first-order valence-electron chi connectivity index (χ1n) is 8.63. The third kappa shape index (κ3) is 8.00. The van der Waals surface area contributed by atoms with Crippen LogP contribution < -0.4 is 10.6 Å². The number of hydrogen-bond acceptors (Lipinski definition) is 5. The smallest absolute Gasteiger partial charge is 0.434 e. The Bertz CT molecular complexity index is 687. The number of nitrogens with one attached hydrogen (secondary N) is 2. The molecule has 2 aromatic rings. The summed E-state index contributed by atoms with van der Waals surface area (Å²) in [6.45, 7) is 4.51. The topological polar surface area (TPSA) is 71.7 Å². The fourth-order valence-corrected chi connectivity index (χ4v) is 2.84. The van der Waals surface area contributed by atoms with E-state index in [0.29, 0.717) is 43.7 Å². The van der Waals surface area contributed by atoms with E-state index in [9.17, 15) is 13.2 Å².